The van der Waals surface area contributed by atoms with Crippen molar-refractivity contribution in [2.75, 3.05) is 11.9 Å². The van der Waals surface area contributed by atoms with E-state index < -0.39 is 22.0 Å². The predicted molar refractivity (Wildman–Crippen MR) is 149 cm³/mol. The lowest BCUT2D eigenvalue weighted by Crippen LogP contribution is -2.41. The zero-order valence-corrected chi connectivity index (χ0v) is 21.9. The van der Waals surface area contributed by atoms with Crippen LogP contribution in [-0.4, -0.2) is 41.0 Å². The summed E-state index contributed by atoms with van der Waals surface area (Å²) in [4.78, 5) is 13.1. The van der Waals surface area contributed by atoms with Gasteiger partial charge in [0.15, 0.2) is 0 Å². The Hall–Kier alpha value is -4.01. The summed E-state index contributed by atoms with van der Waals surface area (Å²) in [5, 5.41) is 8.73. The van der Waals surface area contributed by atoms with Crippen LogP contribution in [0, 0.1) is 6.92 Å². The number of benzene rings is 3. The summed E-state index contributed by atoms with van der Waals surface area (Å²) >= 11 is 0. The van der Waals surface area contributed by atoms with Gasteiger partial charge < -0.3 is 5.32 Å². The Bertz CT molecular complexity index is 1480. The highest BCUT2D eigenvalue weighted by Gasteiger charge is 2.26. The van der Waals surface area contributed by atoms with Crippen LogP contribution in [0.1, 0.15) is 25.0 Å². The summed E-state index contributed by atoms with van der Waals surface area (Å²) in [5.74, 6) is -0.00750. The second-order valence-corrected chi connectivity index (χ2v) is 10.7. The third-order valence-corrected chi connectivity index (χ3v) is 7.44. The van der Waals surface area contributed by atoms with Gasteiger partial charge in [-0.05, 0) is 44.5 Å². The van der Waals surface area contributed by atoms with Gasteiger partial charge in [-0.15, -0.1) is 0 Å². The van der Waals surface area contributed by atoms with Crippen molar-refractivity contribution < 1.29 is 13.2 Å². The van der Waals surface area contributed by atoms with Crippen LogP contribution in [0.5, 0.6) is 0 Å². The second kappa shape index (κ2) is 11.4. The Balaban J connectivity index is 1.59. The quantitative estimate of drug-likeness (QED) is 0.320. The summed E-state index contributed by atoms with van der Waals surface area (Å²) in [6.07, 6.45) is 1.53. The SMILES string of the molecule is Cc1ccc(-n2nc(-c3ccccc3)cc2NC(=O)CN(C(C)C)S(=O)(=O)/C=C/c2ccccc2)cc1. The summed E-state index contributed by atoms with van der Waals surface area (Å²) in [6.45, 7) is 5.15. The van der Waals surface area contributed by atoms with E-state index in [0.29, 0.717) is 11.5 Å². The molecule has 0 aliphatic carbocycles. The molecule has 1 heterocycles. The molecule has 3 aromatic carbocycles. The minimum atomic E-state index is -3.84. The monoisotopic (exact) mass is 514 g/mol. The maximum absolute atomic E-state index is 13.1. The predicted octanol–water partition coefficient (Wildman–Crippen LogP) is 5.50. The molecule has 37 heavy (non-hydrogen) atoms. The zero-order chi connectivity index (χ0) is 26.4. The standard InChI is InChI=1S/C29H30N4O3S/c1-22(2)32(37(35,36)19-18-24-10-6-4-7-11-24)21-29(34)30-28-20-27(25-12-8-5-9-13-25)31-33(28)26-16-14-23(3)15-17-26/h4-20,22H,21H2,1-3H3,(H,30,34)/b19-18+. The summed E-state index contributed by atoms with van der Waals surface area (Å²) < 4.78 is 29.0. The average molecular weight is 515 g/mol. The third kappa shape index (κ3) is 6.61. The Morgan fingerprint density at radius 2 is 1.59 bits per heavy atom. The van der Waals surface area contributed by atoms with Crippen LogP contribution in [0.25, 0.3) is 23.0 Å². The largest absolute Gasteiger partial charge is 0.309 e. The average Bonchev–Trinajstić information content (AvgIpc) is 3.31. The van der Waals surface area contributed by atoms with Crippen molar-refractivity contribution in [1.29, 1.82) is 0 Å². The molecule has 4 rings (SSSR count). The van der Waals surface area contributed by atoms with Gasteiger partial charge in [0.05, 0.1) is 17.9 Å². The van der Waals surface area contributed by atoms with Gasteiger partial charge in [0, 0.05) is 23.1 Å². The second-order valence-electron chi connectivity index (χ2n) is 8.97. The zero-order valence-electron chi connectivity index (χ0n) is 21.1. The number of aromatic nitrogens is 2. The molecule has 0 bridgehead atoms. The molecule has 0 radical (unpaired) electrons. The van der Waals surface area contributed by atoms with E-state index in [0.717, 1.165) is 27.8 Å². The highest BCUT2D eigenvalue weighted by atomic mass is 32.2. The van der Waals surface area contributed by atoms with Gasteiger partial charge in [-0.25, -0.2) is 13.1 Å². The minimum absolute atomic E-state index is 0.334. The first-order chi connectivity index (χ1) is 17.7. The lowest BCUT2D eigenvalue weighted by atomic mass is 10.1. The molecule has 4 aromatic rings. The molecule has 0 saturated heterocycles. The van der Waals surface area contributed by atoms with Gasteiger partial charge in [-0.1, -0.05) is 78.4 Å². The van der Waals surface area contributed by atoms with Crippen molar-refractivity contribution in [2.24, 2.45) is 0 Å². The van der Waals surface area contributed by atoms with Crippen molar-refractivity contribution in [3.05, 3.63) is 108 Å². The number of hydrogen-bond donors (Lipinski definition) is 1. The van der Waals surface area contributed by atoms with E-state index in [1.807, 2.05) is 91.9 Å². The number of carbonyl (C=O) groups is 1. The summed E-state index contributed by atoms with van der Waals surface area (Å²) in [5.41, 5.74) is 4.24. The molecule has 0 unspecified atom stereocenters. The van der Waals surface area contributed by atoms with Crippen molar-refractivity contribution in [1.82, 2.24) is 14.1 Å². The van der Waals surface area contributed by atoms with Crippen LogP contribution in [0.2, 0.25) is 0 Å². The first-order valence-electron chi connectivity index (χ1n) is 12.0. The summed E-state index contributed by atoms with van der Waals surface area (Å²) in [6, 6.07) is 28.0. The molecule has 0 atom stereocenters. The molecular formula is C29H30N4O3S. The maximum Gasteiger partial charge on any atom is 0.240 e. The van der Waals surface area contributed by atoms with E-state index >= 15 is 0 Å². The third-order valence-electron chi connectivity index (χ3n) is 5.76. The molecule has 0 aliphatic heterocycles. The molecule has 0 saturated carbocycles. The first-order valence-corrected chi connectivity index (χ1v) is 13.5. The van der Waals surface area contributed by atoms with Crippen molar-refractivity contribution in [2.45, 2.75) is 26.8 Å². The molecular weight excluding hydrogens is 484 g/mol. The fraction of sp³-hybridized carbons (Fsp3) is 0.172. The molecule has 8 heteroatoms. The maximum atomic E-state index is 13.1. The topological polar surface area (TPSA) is 84.3 Å². The van der Waals surface area contributed by atoms with Crippen LogP contribution in [0.4, 0.5) is 5.82 Å². The molecule has 1 aromatic heterocycles. The number of sulfonamides is 1. The van der Waals surface area contributed by atoms with Crippen LogP contribution < -0.4 is 5.32 Å². The highest BCUT2D eigenvalue weighted by molar-refractivity contribution is 7.92. The van der Waals surface area contributed by atoms with E-state index in [2.05, 4.69) is 5.32 Å². The van der Waals surface area contributed by atoms with Crippen LogP contribution in [0.3, 0.4) is 0 Å². The molecule has 0 fully saturated rings. The minimum Gasteiger partial charge on any atom is -0.309 e. The Morgan fingerprint density at radius 3 is 2.22 bits per heavy atom. The number of anilines is 1. The number of nitrogens with zero attached hydrogens (tertiary/aromatic N) is 3. The Kier molecular flexibility index (Phi) is 8.01. The Morgan fingerprint density at radius 1 is 0.973 bits per heavy atom. The molecule has 0 aliphatic rings. The van der Waals surface area contributed by atoms with Gasteiger partial charge in [0.2, 0.25) is 15.9 Å². The molecule has 1 N–H and O–H groups in total. The molecule has 0 spiro atoms. The smallest absolute Gasteiger partial charge is 0.240 e. The number of nitrogens with one attached hydrogen (secondary N) is 1. The normalized spacial score (nSPS) is 11.9. The van der Waals surface area contributed by atoms with Gasteiger partial charge >= 0.3 is 0 Å². The van der Waals surface area contributed by atoms with Crippen LogP contribution >= 0.6 is 0 Å². The van der Waals surface area contributed by atoms with Gasteiger partial charge in [-0.2, -0.15) is 9.40 Å². The van der Waals surface area contributed by atoms with E-state index in [1.165, 1.54) is 10.4 Å². The highest BCUT2D eigenvalue weighted by Crippen LogP contribution is 2.25. The van der Waals surface area contributed by atoms with E-state index in [1.54, 1.807) is 24.6 Å². The lowest BCUT2D eigenvalue weighted by molar-refractivity contribution is -0.116. The van der Waals surface area contributed by atoms with Gasteiger partial charge in [0.1, 0.15) is 5.82 Å². The number of amides is 1. The van der Waals surface area contributed by atoms with E-state index in [9.17, 15) is 13.2 Å². The number of aryl methyl sites for hydroxylation is 1. The van der Waals surface area contributed by atoms with Crippen molar-refractivity contribution in [3.8, 4) is 16.9 Å². The Labute approximate surface area is 218 Å². The molecule has 1 amide bonds. The van der Waals surface area contributed by atoms with Crippen LogP contribution in [0.15, 0.2) is 96.4 Å². The number of rotatable bonds is 9. The van der Waals surface area contributed by atoms with E-state index in [-0.39, 0.29) is 6.54 Å². The molecule has 190 valence electrons. The van der Waals surface area contributed by atoms with Crippen LogP contribution in [-0.2, 0) is 14.8 Å². The fourth-order valence-electron chi connectivity index (χ4n) is 3.80. The van der Waals surface area contributed by atoms with E-state index in [4.69, 9.17) is 5.10 Å². The van der Waals surface area contributed by atoms with Crippen molar-refractivity contribution >= 4 is 27.8 Å². The fourth-order valence-corrected chi connectivity index (χ4v) is 5.17. The number of hydrogen-bond acceptors (Lipinski definition) is 4. The van der Waals surface area contributed by atoms with Gasteiger partial charge in [0.25, 0.3) is 0 Å². The first kappa shape index (κ1) is 26.1. The van der Waals surface area contributed by atoms with Gasteiger partial charge in [-0.3, -0.25) is 4.79 Å². The van der Waals surface area contributed by atoms with Crippen molar-refractivity contribution in [3.63, 3.8) is 0 Å². The number of carbonyl (C=O) groups excluding carboxylic acids is 1. The summed E-state index contributed by atoms with van der Waals surface area (Å²) in [7, 11) is -3.84. The molecule has 7 nitrogen and oxygen atoms in total. The lowest BCUT2D eigenvalue weighted by Gasteiger charge is -2.23.